The minimum absolute atomic E-state index is 0.0770. The zero-order valence-electron chi connectivity index (χ0n) is 26.9. The first-order chi connectivity index (χ1) is 22.6. The van der Waals surface area contributed by atoms with Crippen LogP contribution in [0, 0.1) is 0 Å². The van der Waals surface area contributed by atoms with Crippen molar-refractivity contribution in [2.24, 2.45) is 0 Å². The second-order valence-corrected chi connectivity index (χ2v) is 13.0. The SMILES string of the molecule is COc1cc2c(Oc3ccc(NC(=O)c4cccs4)cc3)ccnc2cc1OCCC(NC(=O)OC(C)(C)C)C(=O)OC1CCCC1. The van der Waals surface area contributed by atoms with E-state index in [1.165, 1.54) is 18.4 Å². The minimum Gasteiger partial charge on any atom is -0.493 e. The fourth-order valence-electron chi connectivity index (χ4n) is 5.06. The summed E-state index contributed by atoms with van der Waals surface area (Å²) >= 11 is 1.38. The molecule has 1 fully saturated rings. The molecule has 2 amide bonds. The Balaban J connectivity index is 1.25. The summed E-state index contributed by atoms with van der Waals surface area (Å²) in [5, 5.41) is 8.06. The normalized spacial score (nSPS) is 13.9. The number of aromatic nitrogens is 1. The van der Waals surface area contributed by atoms with Gasteiger partial charge in [0.1, 0.15) is 29.2 Å². The van der Waals surface area contributed by atoms with Crippen LogP contribution >= 0.6 is 11.3 Å². The topological polar surface area (TPSA) is 134 Å². The van der Waals surface area contributed by atoms with Gasteiger partial charge in [-0.3, -0.25) is 9.78 Å². The van der Waals surface area contributed by atoms with Crippen LogP contribution in [0.2, 0.25) is 0 Å². The van der Waals surface area contributed by atoms with E-state index in [0.29, 0.717) is 44.5 Å². The first kappa shape index (κ1) is 33.5. The maximum absolute atomic E-state index is 13.0. The van der Waals surface area contributed by atoms with E-state index < -0.39 is 23.7 Å². The molecule has 0 saturated heterocycles. The van der Waals surface area contributed by atoms with Crippen LogP contribution in [0.15, 0.2) is 66.2 Å². The third-order valence-corrected chi connectivity index (χ3v) is 8.17. The quantitative estimate of drug-likeness (QED) is 0.148. The summed E-state index contributed by atoms with van der Waals surface area (Å²) in [4.78, 5) is 43.0. The van der Waals surface area contributed by atoms with E-state index in [1.807, 2.05) is 11.4 Å². The fraction of sp³-hybridized carbons (Fsp3) is 0.371. The molecule has 1 saturated carbocycles. The van der Waals surface area contributed by atoms with Gasteiger partial charge in [0, 0.05) is 29.8 Å². The Morgan fingerprint density at radius 1 is 1.00 bits per heavy atom. The van der Waals surface area contributed by atoms with Crippen LogP contribution in [0.5, 0.6) is 23.0 Å². The van der Waals surface area contributed by atoms with Crippen molar-refractivity contribution in [2.75, 3.05) is 19.0 Å². The lowest BCUT2D eigenvalue weighted by Gasteiger charge is -2.24. The lowest BCUT2D eigenvalue weighted by molar-refractivity contribution is -0.151. The molecule has 1 atom stereocenters. The highest BCUT2D eigenvalue weighted by Gasteiger charge is 2.29. The molecule has 11 nitrogen and oxygen atoms in total. The molecule has 1 unspecified atom stereocenters. The predicted octanol–water partition coefficient (Wildman–Crippen LogP) is 7.50. The number of pyridine rings is 1. The number of ether oxygens (including phenoxy) is 5. The van der Waals surface area contributed by atoms with Crippen molar-refractivity contribution in [3.8, 4) is 23.0 Å². The molecule has 5 rings (SSSR count). The summed E-state index contributed by atoms with van der Waals surface area (Å²) in [7, 11) is 1.53. The fourth-order valence-corrected chi connectivity index (χ4v) is 5.68. The molecule has 0 spiro atoms. The molecule has 2 aromatic carbocycles. The van der Waals surface area contributed by atoms with Gasteiger partial charge in [-0.15, -0.1) is 11.3 Å². The number of alkyl carbamates (subject to hydrolysis) is 1. The minimum atomic E-state index is -0.953. The predicted molar refractivity (Wildman–Crippen MR) is 179 cm³/mol. The Morgan fingerprint density at radius 2 is 1.77 bits per heavy atom. The van der Waals surface area contributed by atoms with Gasteiger partial charge in [-0.05, 0) is 94.3 Å². The molecule has 1 aliphatic carbocycles. The number of benzene rings is 2. The average Bonchev–Trinajstić information content (AvgIpc) is 3.76. The number of nitrogens with one attached hydrogen (secondary N) is 2. The second-order valence-electron chi connectivity index (χ2n) is 12.1. The second kappa shape index (κ2) is 15.2. The van der Waals surface area contributed by atoms with Gasteiger partial charge < -0.3 is 34.3 Å². The molecule has 4 aromatic rings. The molecule has 0 radical (unpaired) electrons. The van der Waals surface area contributed by atoms with Crippen LogP contribution in [0.1, 0.15) is 62.5 Å². The molecule has 47 heavy (non-hydrogen) atoms. The van der Waals surface area contributed by atoms with Crippen LogP contribution in [0.4, 0.5) is 10.5 Å². The maximum atomic E-state index is 13.0. The number of esters is 1. The van der Waals surface area contributed by atoms with Crippen LogP contribution in [-0.2, 0) is 14.3 Å². The standard InChI is InChI=1S/C35H39N3O8S/c1-35(2,3)46-34(41)38-26(33(40)45-23-8-5-6-9-23)16-18-43-30-21-27-25(20-29(30)42-4)28(15-17-36-27)44-24-13-11-22(12-14-24)37-32(39)31-10-7-19-47-31/h7,10-15,17,19-21,23,26H,5-6,8-9,16,18H2,1-4H3,(H,37,39)(H,38,41). The van der Waals surface area contributed by atoms with Crippen LogP contribution in [0.25, 0.3) is 10.9 Å². The molecule has 2 heterocycles. The molecule has 248 valence electrons. The summed E-state index contributed by atoms with van der Waals surface area (Å²) in [6.07, 6.45) is 4.57. The molecule has 2 N–H and O–H groups in total. The number of nitrogens with zero attached hydrogens (tertiary/aromatic N) is 1. The maximum Gasteiger partial charge on any atom is 0.408 e. The van der Waals surface area contributed by atoms with E-state index in [2.05, 4.69) is 15.6 Å². The lowest BCUT2D eigenvalue weighted by Crippen LogP contribution is -2.45. The van der Waals surface area contributed by atoms with E-state index in [9.17, 15) is 14.4 Å². The Bertz CT molecular complexity index is 1680. The van der Waals surface area contributed by atoms with E-state index in [1.54, 1.807) is 75.5 Å². The van der Waals surface area contributed by atoms with E-state index in [-0.39, 0.29) is 25.0 Å². The zero-order valence-corrected chi connectivity index (χ0v) is 27.7. The zero-order chi connectivity index (χ0) is 33.4. The third-order valence-electron chi connectivity index (χ3n) is 7.30. The van der Waals surface area contributed by atoms with Crippen molar-refractivity contribution < 1.29 is 38.1 Å². The van der Waals surface area contributed by atoms with Gasteiger partial charge in [-0.2, -0.15) is 0 Å². The number of methoxy groups -OCH3 is 1. The number of fused-ring (bicyclic) bond motifs is 1. The smallest absolute Gasteiger partial charge is 0.408 e. The molecule has 0 bridgehead atoms. The average molecular weight is 662 g/mol. The highest BCUT2D eigenvalue weighted by Crippen LogP contribution is 2.37. The first-order valence-corrected chi connectivity index (χ1v) is 16.4. The number of anilines is 1. The van der Waals surface area contributed by atoms with Crippen molar-refractivity contribution in [2.45, 2.75) is 70.6 Å². The van der Waals surface area contributed by atoms with E-state index in [0.717, 1.165) is 25.7 Å². The van der Waals surface area contributed by atoms with Gasteiger partial charge in [0.15, 0.2) is 11.5 Å². The van der Waals surface area contributed by atoms with Gasteiger partial charge in [-0.25, -0.2) is 9.59 Å². The van der Waals surface area contributed by atoms with Crippen molar-refractivity contribution in [3.63, 3.8) is 0 Å². The summed E-state index contributed by atoms with van der Waals surface area (Å²) in [6, 6.07) is 15.0. The summed E-state index contributed by atoms with van der Waals surface area (Å²) in [5.74, 6) is 1.28. The molecular formula is C35H39N3O8S. The van der Waals surface area contributed by atoms with Gasteiger partial charge in [0.2, 0.25) is 0 Å². The van der Waals surface area contributed by atoms with Crippen LogP contribution in [-0.4, -0.2) is 54.4 Å². The lowest BCUT2D eigenvalue weighted by atomic mass is 10.1. The molecule has 1 aliphatic rings. The van der Waals surface area contributed by atoms with Gasteiger partial charge in [0.05, 0.1) is 24.1 Å². The van der Waals surface area contributed by atoms with Crippen LogP contribution < -0.4 is 24.8 Å². The summed E-state index contributed by atoms with van der Waals surface area (Å²) in [6.45, 7) is 5.34. The van der Waals surface area contributed by atoms with E-state index in [4.69, 9.17) is 23.7 Å². The van der Waals surface area contributed by atoms with E-state index >= 15 is 0 Å². The van der Waals surface area contributed by atoms with Gasteiger partial charge in [0.25, 0.3) is 5.91 Å². The Kier molecular flexibility index (Phi) is 10.8. The molecule has 12 heteroatoms. The number of thiophene rings is 1. The van der Waals surface area contributed by atoms with Gasteiger partial charge >= 0.3 is 12.1 Å². The molecular weight excluding hydrogens is 622 g/mol. The number of hydrogen-bond acceptors (Lipinski definition) is 10. The molecule has 2 aromatic heterocycles. The van der Waals surface area contributed by atoms with Crippen molar-refractivity contribution in [1.29, 1.82) is 0 Å². The van der Waals surface area contributed by atoms with Crippen molar-refractivity contribution in [1.82, 2.24) is 10.3 Å². The third kappa shape index (κ3) is 9.35. The van der Waals surface area contributed by atoms with Gasteiger partial charge in [-0.1, -0.05) is 6.07 Å². The number of rotatable bonds is 12. The van der Waals surface area contributed by atoms with Crippen molar-refractivity contribution in [3.05, 3.63) is 71.1 Å². The largest absolute Gasteiger partial charge is 0.493 e. The highest BCUT2D eigenvalue weighted by atomic mass is 32.1. The Morgan fingerprint density at radius 3 is 2.45 bits per heavy atom. The monoisotopic (exact) mass is 661 g/mol. The summed E-state index contributed by atoms with van der Waals surface area (Å²) < 4.78 is 28.9. The Labute approximate surface area is 277 Å². The number of carbonyl (C=O) groups excluding carboxylic acids is 3. The van der Waals surface area contributed by atoms with Crippen molar-refractivity contribution >= 4 is 45.9 Å². The Hall–Kier alpha value is -4.84. The number of amides is 2. The first-order valence-electron chi connectivity index (χ1n) is 15.5. The molecule has 0 aliphatic heterocycles. The summed E-state index contributed by atoms with van der Waals surface area (Å²) in [5.41, 5.74) is 0.524. The number of hydrogen-bond donors (Lipinski definition) is 2. The number of carbonyl (C=O) groups is 3. The van der Waals surface area contributed by atoms with Crippen LogP contribution in [0.3, 0.4) is 0 Å². The highest BCUT2D eigenvalue weighted by molar-refractivity contribution is 7.12.